The maximum Gasteiger partial charge on any atom is 0.143 e. The standard InChI is InChI=1S/C68H45NOSi/c1-3-14-52-44(10-1)12-7-17-54(52)46-26-22-42(23-27-46)48-31-36-63-61(38-48)62-39-49(43-24-28-47(29-25-43)55-18-8-13-45-11-2-4-15-53(45)55)32-37-64(62)69(63)51-33-35-59-58-34-30-50(40-66(58)71-67(59)41-51)56-19-9-20-60-57-16-5-6-21-65(57)70-68(56)60/h1-28,30-41,47H,29,71H2. The van der Waals surface area contributed by atoms with E-state index in [4.69, 9.17) is 4.42 Å². The van der Waals surface area contributed by atoms with Gasteiger partial charge in [-0.1, -0.05) is 211 Å². The van der Waals surface area contributed by atoms with Gasteiger partial charge in [0, 0.05) is 38.7 Å². The lowest BCUT2D eigenvalue weighted by Crippen LogP contribution is -2.21. The first-order chi connectivity index (χ1) is 35.2. The summed E-state index contributed by atoms with van der Waals surface area (Å²) >= 11 is 0. The molecule has 0 saturated carbocycles. The topological polar surface area (TPSA) is 18.1 Å². The highest BCUT2D eigenvalue weighted by molar-refractivity contribution is 6.73. The summed E-state index contributed by atoms with van der Waals surface area (Å²) in [6.45, 7) is 0. The van der Waals surface area contributed by atoms with E-state index in [1.54, 1.807) is 0 Å². The van der Waals surface area contributed by atoms with E-state index in [0.717, 1.165) is 28.5 Å². The lowest BCUT2D eigenvalue weighted by Gasteiger charge is -2.19. The molecule has 3 heteroatoms. The summed E-state index contributed by atoms with van der Waals surface area (Å²) in [7, 11) is -0.766. The van der Waals surface area contributed by atoms with Crippen molar-refractivity contribution in [2.75, 3.05) is 0 Å². The van der Waals surface area contributed by atoms with E-state index in [9.17, 15) is 0 Å². The maximum absolute atomic E-state index is 6.49. The third kappa shape index (κ3) is 6.47. The van der Waals surface area contributed by atoms with Crippen molar-refractivity contribution >= 4 is 90.8 Å². The Morgan fingerprint density at radius 1 is 0.408 bits per heavy atom. The first-order valence-electron chi connectivity index (χ1n) is 24.9. The van der Waals surface area contributed by atoms with Crippen LogP contribution in [0.4, 0.5) is 0 Å². The lowest BCUT2D eigenvalue weighted by atomic mass is 9.85. The molecule has 11 aromatic carbocycles. The molecular formula is C68H45NOSi. The predicted molar refractivity (Wildman–Crippen MR) is 304 cm³/mol. The van der Waals surface area contributed by atoms with Gasteiger partial charge in [-0.25, -0.2) is 0 Å². The summed E-state index contributed by atoms with van der Waals surface area (Å²) in [6, 6.07) is 83.3. The van der Waals surface area contributed by atoms with Crippen molar-refractivity contribution in [3.8, 4) is 50.2 Å². The van der Waals surface area contributed by atoms with Crippen molar-refractivity contribution in [2.45, 2.75) is 12.3 Å². The molecule has 2 aromatic heterocycles. The van der Waals surface area contributed by atoms with Gasteiger partial charge < -0.3 is 8.98 Å². The molecule has 0 fully saturated rings. The van der Waals surface area contributed by atoms with Crippen LogP contribution in [0, 0.1) is 0 Å². The highest BCUT2D eigenvalue weighted by Crippen LogP contribution is 2.41. The van der Waals surface area contributed by atoms with Crippen molar-refractivity contribution in [1.29, 1.82) is 0 Å². The van der Waals surface area contributed by atoms with Crippen LogP contribution in [0.15, 0.2) is 247 Å². The average molecular weight is 920 g/mol. The van der Waals surface area contributed by atoms with Crippen LogP contribution >= 0.6 is 0 Å². The Bertz CT molecular complexity index is 4400. The molecule has 0 spiro atoms. The molecule has 1 atom stereocenters. The molecule has 3 heterocycles. The zero-order chi connectivity index (χ0) is 46.6. The highest BCUT2D eigenvalue weighted by Gasteiger charge is 2.24. The predicted octanol–water partition coefficient (Wildman–Crippen LogP) is 16.2. The Kier molecular flexibility index (Phi) is 8.99. The van der Waals surface area contributed by atoms with E-state index in [-0.39, 0.29) is 0 Å². The fourth-order valence-electron chi connectivity index (χ4n) is 12.1. The third-order valence-corrected chi connectivity index (χ3v) is 17.5. The molecule has 0 N–H and O–H groups in total. The van der Waals surface area contributed by atoms with Crippen LogP contribution in [-0.4, -0.2) is 14.1 Å². The summed E-state index contributed by atoms with van der Waals surface area (Å²) in [5.74, 6) is 0.345. The molecule has 0 amide bonds. The second kappa shape index (κ2) is 15.9. The molecule has 2 nitrogen and oxygen atoms in total. The van der Waals surface area contributed by atoms with E-state index in [1.165, 1.54) is 120 Å². The molecular weight excluding hydrogens is 875 g/mol. The van der Waals surface area contributed by atoms with Crippen LogP contribution in [0.3, 0.4) is 0 Å². The first kappa shape index (κ1) is 40.2. The summed E-state index contributed by atoms with van der Waals surface area (Å²) in [5.41, 5.74) is 19.5. The molecule has 2 aliphatic rings. The van der Waals surface area contributed by atoms with Gasteiger partial charge in [0.1, 0.15) is 11.2 Å². The Morgan fingerprint density at radius 2 is 1.01 bits per heavy atom. The zero-order valence-electron chi connectivity index (χ0n) is 38.9. The summed E-state index contributed by atoms with van der Waals surface area (Å²) < 4.78 is 9.00. The molecule has 1 aliphatic carbocycles. The second-order valence-electron chi connectivity index (χ2n) is 19.5. The van der Waals surface area contributed by atoms with Crippen LogP contribution in [0.2, 0.25) is 0 Å². The Morgan fingerprint density at radius 3 is 1.83 bits per heavy atom. The Hall–Kier alpha value is -8.76. The number of benzene rings is 11. The molecule has 0 saturated heterocycles. The molecule has 13 aromatic rings. The van der Waals surface area contributed by atoms with Crippen LogP contribution in [0.25, 0.3) is 121 Å². The quantitative estimate of drug-likeness (QED) is 0.152. The minimum absolute atomic E-state index is 0.345. The van der Waals surface area contributed by atoms with Gasteiger partial charge in [0.05, 0.1) is 20.6 Å². The largest absolute Gasteiger partial charge is 0.455 e. The Balaban J connectivity index is 0.815. The molecule has 15 rings (SSSR count). The normalized spacial score (nSPS) is 14.6. The minimum atomic E-state index is -0.766. The van der Waals surface area contributed by atoms with Crippen molar-refractivity contribution in [1.82, 2.24) is 4.57 Å². The van der Waals surface area contributed by atoms with Crippen LogP contribution in [-0.2, 0) is 0 Å². The average Bonchev–Trinajstić information content (AvgIpc) is 4.11. The van der Waals surface area contributed by atoms with Crippen LogP contribution in [0.5, 0.6) is 0 Å². The summed E-state index contributed by atoms with van der Waals surface area (Å²) in [6.07, 6.45) is 8.18. The number of aromatic nitrogens is 1. The van der Waals surface area contributed by atoms with Crippen LogP contribution < -0.4 is 10.4 Å². The smallest absolute Gasteiger partial charge is 0.143 e. The number of nitrogens with zero attached hydrogens (tertiary/aromatic N) is 1. The van der Waals surface area contributed by atoms with Crippen molar-refractivity contribution < 1.29 is 4.42 Å². The Labute approximate surface area is 413 Å². The minimum Gasteiger partial charge on any atom is -0.455 e. The number of allylic oxidation sites excluding steroid dienone is 4. The number of hydrogen-bond acceptors (Lipinski definition) is 1. The van der Waals surface area contributed by atoms with E-state index in [0.29, 0.717) is 5.92 Å². The number of para-hydroxylation sites is 2. The van der Waals surface area contributed by atoms with E-state index >= 15 is 0 Å². The number of furan rings is 1. The fourth-order valence-corrected chi connectivity index (χ4v) is 14.1. The molecule has 71 heavy (non-hydrogen) atoms. The van der Waals surface area contributed by atoms with E-state index in [2.05, 4.69) is 241 Å². The van der Waals surface area contributed by atoms with E-state index < -0.39 is 9.52 Å². The van der Waals surface area contributed by atoms with Crippen LogP contribution in [0.1, 0.15) is 23.5 Å². The SMILES string of the molecule is C1=CC(c2cccc3ccccc23)CC=C1c1ccc2c(c1)c1cc(-c3ccc(-c4cccc5ccccc45)cc3)ccc1n2-c1ccc2c(c1)[SiH2]c1cc(-c3cccc4c3oc3ccccc34)ccc1-2. The highest BCUT2D eigenvalue weighted by atomic mass is 28.2. The fraction of sp³-hybridized carbons (Fsp3) is 0.0294. The monoisotopic (exact) mass is 919 g/mol. The molecule has 1 unspecified atom stereocenters. The van der Waals surface area contributed by atoms with Gasteiger partial charge in [-0.3, -0.25) is 0 Å². The molecule has 1 aliphatic heterocycles. The van der Waals surface area contributed by atoms with Crippen molar-refractivity contribution in [3.63, 3.8) is 0 Å². The molecule has 0 bridgehead atoms. The van der Waals surface area contributed by atoms with Gasteiger partial charge in [-0.05, 0) is 126 Å². The summed E-state index contributed by atoms with van der Waals surface area (Å²) in [5, 5.41) is 13.0. The van der Waals surface area contributed by atoms with Crippen molar-refractivity contribution in [3.05, 3.63) is 254 Å². The summed E-state index contributed by atoms with van der Waals surface area (Å²) in [4.78, 5) is 0. The molecule has 332 valence electrons. The molecule has 0 radical (unpaired) electrons. The van der Waals surface area contributed by atoms with Gasteiger partial charge in [-0.2, -0.15) is 0 Å². The number of rotatable bonds is 6. The first-order valence-corrected chi connectivity index (χ1v) is 26.3. The maximum atomic E-state index is 6.49. The van der Waals surface area contributed by atoms with E-state index in [1.807, 2.05) is 6.07 Å². The number of hydrogen-bond donors (Lipinski definition) is 0. The second-order valence-corrected chi connectivity index (χ2v) is 21.4. The van der Waals surface area contributed by atoms with Gasteiger partial charge in [0.15, 0.2) is 0 Å². The number of fused-ring (bicyclic) bond motifs is 11. The lowest BCUT2D eigenvalue weighted by molar-refractivity contribution is 0.670. The van der Waals surface area contributed by atoms with Gasteiger partial charge in [-0.15, -0.1) is 0 Å². The van der Waals surface area contributed by atoms with Gasteiger partial charge in [0.25, 0.3) is 0 Å². The zero-order valence-corrected chi connectivity index (χ0v) is 40.4. The van der Waals surface area contributed by atoms with Gasteiger partial charge >= 0.3 is 0 Å². The van der Waals surface area contributed by atoms with Gasteiger partial charge in [0.2, 0.25) is 0 Å². The van der Waals surface area contributed by atoms with Crippen molar-refractivity contribution in [2.24, 2.45) is 0 Å². The third-order valence-electron chi connectivity index (χ3n) is 15.6.